The van der Waals surface area contributed by atoms with E-state index in [4.69, 9.17) is 10.00 Å². The first-order chi connectivity index (χ1) is 12.0. The van der Waals surface area contributed by atoms with Gasteiger partial charge in [0.1, 0.15) is 5.82 Å². The van der Waals surface area contributed by atoms with Crippen molar-refractivity contribution in [1.29, 1.82) is 5.26 Å². The summed E-state index contributed by atoms with van der Waals surface area (Å²) in [6.45, 7) is 4.86. The van der Waals surface area contributed by atoms with E-state index in [1.54, 1.807) is 18.1 Å². The lowest BCUT2D eigenvalue weighted by Crippen LogP contribution is -2.22. The van der Waals surface area contributed by atoms with Gasteiger partial charge in [-0.15, -0.1) is 0 Å². The number of carbonyl (C=O) groups excluding carboxylic acids is 1. The Morgan fingerprint density at radius 3 is 2.80 bits per heavy atom. The number of nitriles is 1. The van der Waals surface area contributed by atoms with E-state index < -0.39 is 5.82 Å². The van der Waals surface area contributed by atoms with E-state index in [1.807, 2.05) is 13.0 Å². The van der Waals surface area contributed by atoms with Crippen LogP contribution in [-0.4, -0.2) is 50.1 Å². The molecule has 1 aromatic carbocycles. The molecule has 2 fully saturated rings. The number of ether oxygens (including phenoxy) is 1. The van der Waals surface area contributed by atoms with Crippen LogP contribution in [0.15, 0.2) is 18.2 Å². The highest BCUT2D eigenvalue weighted by Gasteiger charge is 2.31. The molecule has 0 aromatic heterocycles. The van der Waals surface area contributed by atoms with Gasteiger partial charge in [0.15, 0.2) is 12.0 Å². The van der Waals surface area contributed by atoms with Crippen molar-refractivity contribution in [1.82, 2.24) is 4.90 Å². The number of hydrogen-bond acceptors (Lipinski definition) is 5. The minimum atomic E-state index is -0.467. The summed E-state index contributed by atoms with van der Waals surface area (Å²) < 4.78 is 19.8. The summed E-state index contributed by atoms with van der Waals surface area (Å²) in [6, 6.07) is 4.85. The molecule has 2 aliphatic heterocycles. The lowest BCUT2D eigenvalue weighted by Gasteiger charge is -2.19. The number of halogens is 1. The van der Waals surface area contributed by atoms with E-state index in [0.717, 1.165) is 25.2 Å². The molecule has 0 N–H and O–H groups in total. The van der Waals surface area contributed by atoms with Crippen LogP contribution in [0, 0.1) is 29.1 Å². The fourth-order valence-electron chi connectivity index (χ4n) is 3.81. The predicted octanol–water partition coefficient (Wildman–Crippen LogP) is 2.67. The molecule has 0 amide bonds. The number of Topliss-reactive ketones (excluding diaryl/α,β-unsaturated/α-hetero) is 1. The normalized spacial score (nSPS) is 26.1. The molecular formula is C19H24FN3O2. The quantitative estimate of drug-likeness (QED) is 0.607. The van der Waals surface area contributed by atoms with Gasteiger partial charge in [0, 0.05) is 45.4 Å². The largest absolute Gasteiger partial charge is 0.380 e. The van der Waals surface area contributed by atoms with E-state index >= 15 is 0 Å². The van der Waals surface area contributed by atoms with E-state index in [2.05, 4.69) is 11.1 Å². The molecular weight excluding hydrogens is 321 g/mol. The summed E-state index contributed by atoms with van der Waals surface area (Å²) in [6.07, 6.45) is 3.51. The van der Waals surface area contributed by atoms with Crippen LogP contribution < -0.4 is 4.90 Å². The Balaban J connectivity index is 1.67. The molecule has 6 heteroatoms. The molecule has 25 heavy (non-hydrogen) atoms. The summed E-state index contributed by atoms with van der Waals surface area (Å²) >= 11 is 0. The number of likely N-dealkylation sites (tertiary alicyclic amines) is 1. The maximum Gasteiger partial charge on any atom is 0.179 e. The highest BCUT2D eigenvalue weighted by molar-refractivity contribution is 5.96. The SMILES string of the molecule is CO[C@@H]1CCN(c2ccc(C(=O)C[C@H]3CN(C#N)C[C@@H]3C)c(F)c2)C1. The second-order valence-electron chi connectivity index (χ2n) is 7.13. The lowest BCUT2D eigenvalue weighted by molar-refractivity contribution is 0.0951. The standard InChI is InChI=1S/C19H24FN3O2/c1-13-9-22(12-21)10-14(13)7-19(24)17-4-3-15(8-18(17)20)23-6-5-16(11-23)25-2/h3-4,8,13-14,16H,5-7,9-11H2,1-2H3/t13-,14-,16+/m0/s1. The Morgan fingerprint density at radius 1 is 1.40 bits per heavy atom. The van der Waals surface area contributed by atoms with E-state index in [9.17, 15) is 9.18 Å². The van der Waals surface area contributed by atoms with Crippen LogP contribution in [0.3, 0.4) is 0 Å². The van der Waals surface area contributed by atoms with Gasteiger partial charge in [-0.05, 0) is 36.5 Å². The van der Waals surface area contributed by atoms with Gasteiger partial charge in [-0.25, -0.2) is 4.39 Å². The van der Waals surface area contributed by atoms with Crippen molar-refractivity contribution in [3.8, 4) is 6.19 Å². The Hall–Kier alpha value is -2.13. The topological polar surface area (TPSA) is 56.6 Å². The van der Waals surface area contributed by atoms with Gasteiger partial charge in [0.2, 0.25) is 0 Å². The van der Waals surface area contributed by atoms with Gasteiger partial charge < -0.3 is 14.5 Å². The third kappa shape index (κ3) is 3.77. The summed E-state index contributed by atoms with van der Waals surface area (Å²) in [5, 5.41) is 8.99. The number of carbonyl (C=O) groups is 1. The molecule has 0 bridgehead atoms. The Kier molecular flexibility index (Phi) is 5.24. The van der Waals surface area contributed by atoms with Crippen molar-refractivity contribution >= 4 is 11.5 Å². The van der Waals surface area contributed by atoms with E-state index in [-0.39, 0.29) is 35.7 Å². The smallest absolute Gasteiger partial charge is 0.179 e. The van der Waals surface area contributed by atoms with Crippen molar-refractivity contribution < 1.29 is 13.9 Å². The third-order valence-corrected chi connectivity index (χ3v) is 5.45. The molecule has 1 aromatic rings. The summed E-state index contributed by atoms with van der Waals surface area (Å²) in [4.78, 5) is 16.3. The molecule has 2 saturated heterocycles. The van der Waals surface area contributed by atoms with Gasteiger partial charge in [-0.3, -0.25) is 4.79 Å². The number of methoxy groups -OCH3 is 1. The minimum absolute atomic E-state index is 0.104. The van der Waals surface area contributed by atoms with E-state index in [0.29, 0.717) is 13.1 Å². The van der Waals surface area contributed by atoms with E-state index in [1.165, 1.54) is 6.07 Å². The van der Waals surface area contributed by atoms with Crippen molar-refractivity contribution in [2.75, 3.05) is 38.2 Å². The van der Waals surface area contributed by atoms with Crippen molar-refractivity contribution in [2.45, 2.75) is 25.9 Å². The van der Waals surface area contributed by atoms with Crippen molar-refractivity contribution in [3.05, 3.63) is 29.6 Å². The lowest BCUT2D eigenvalue weighted by atomic mass is 9.90. The van der Waals surface area contributed by atoms with Crippen molar-refractivity contribution in [3.63, 3.8) is 0 Å². The van der Waals surface area contributed by atoms with Crippen molar-refractivity contribution in [2.24, 2.45) is 11.8 Å². The second kappa shape index (κ2) is 7.40. The molecule has 0 unspecified atom stereocenters. The fourth-order valence-corrected chi connectivity index (χ4v) is 3.81. The highest BCUT2D eigenvalue weighted by atomic mass is 19.1. The van der Waals surface area contributed by atoms with Crippen LogP contribution in [0.25, 0.3) is 0 Å². The minimum Gasteiger partial charge on any atom is -0.380 e. The zero-order valence-electron chi connectivity index (χ0n) is 14.7. The van der Waals surface area contributed by atoms with Crippen LogP contribution in [0.1, 0.15) is 30.1 Å². The third-order valence-electron chi connectivity index (χ3n) is 5.45. The average molecular weight is 345 g/mol. The molecule has 2 heterocycles. The molecule has 3 rings (SSSR count). The Morgan fingerprint density at radius 2 is 2.20 bits per heavy atom. The monoisotopic (exact) mass is 345 g/mol. The molecule has 0 saturated carbocycles. The first-order valence-electron chi connectivity index (χ1n) is 8.77. The van der Waals surface area contributed by atoms with Crippen LogP contribution in [-0.2, 0) is 4.74 Å². The summed E-state index contributed by atoms with van der Waals surface area (Å²) in [5.41, 5.74) is 0.937. The van der Waals surface area contributed by atoms with Crippen LogP contribution in [0.2, 0.25) is 0 Å². The molecule has 0 spiro atoms. The molecule has 2 aliphatic rings. The van der Waals surface area contributed by atoms with Crippen LogP contribution in [0.4, 0.5) is 10.1 Å². The fraction of sp³-hybridized carbons (Fsp3) is 0.579. The first-order valence-corrected chi connectivity index (χ1v) is 8.77. The molecule has 5 nitrogen and oxygen atoms in total. The molecule has 134 valence electrons. The highest BCUT2D eigenvalue weighted by Crippen LogP contribution is 2.29. The molecule has 3 atom stereocenters. The van der Waals surface area contributed by atoms with Crippen LogP contribution >= 0.6 is 0 Å². The molecule has 0 radical (unpaired) electrons. The van der Waals surface area contributed by atoms with Gasteiger partial charge in [0.05, 0.1) is 11.7 Å². The average Bonchev–Trinajstić information content (AvgIpc) is 3.21. The Bertz CT molecular complexity index is 688. The predicted molar refractivity (Wildman–Crippen MR) is 92.8 cm³/mol. The Labute approximate surface area is 148 Å². The number of ketones is 1. The number of anilines is 1. The summed E-state index contributed by atoms with van der Waals surface area (Å²) in [5.74, 6) is -0.281. The summed E-state index contributed by atoms with van der Waals surface area (Å²) in [7, 11) is 1.69. The number of nitrogens with zero attached hydrogens (tertiary/aromatic N) is 3. The molecule has 0 aliphatic carbocycles. The maximum atomic E-state index is 14.5. The van der Waals surface area contributed by atoms with Crippen LogP contribution in [0.5, 0.6) is 0 Å². The maximum absolute atomic E-state index is 14.5. The zero-order chi connectivity index (χ0) is 18.0. The number of hydrogen-bond donors (Lipinski definition) is 0. The number of rotatable bonds is 5. The number of benzene rings is 1. The zero-order valence-corrected chi connectivity index (χ0v) is 14.7. The second-order valence-corrected chi connectivity index (χ2v) is 7.13. The van der Waals surface area contributed by atoms with Gasteiger partial charge in [-0.2, -0.15) is 5.26 Å². The van der Waals surface area contributed by atoms with Gasteiger partial charge in [-0.1, -0.05) is 6.92 Å². The van der Waals surface area contributed by atoms with Gasteiger partial charge in [0.25, 0.3) is 0 Å². The first kappa shape index (κ1) is 17.7. The van der Waals surface area contributed by atoms with Gasteiger partial charge >= 0.3 is 0 Å².